The molecular weight excluding hydrogens is 306 g/mol. The molecule has 2 amide bonds. The van der Waals surface area contributed by atoms with Crippen molar-refractivity contribution in [3.63, 3.8) is 0 Å². The predicted molar refractivity (Wildman–Crippen MR) is 82.8 cm³/mol. The van der Waals surface area contributed by atoms with Crippen molar-refractivity contribution in [1.29, 1.82) is 0 Å². The van der Waals surface area contributed by atoms with E-state index in [4.69, 9.17) is 0 Å². The van der Waals surface area contributed by atoms with Gasteiger partial charge >= 0.3 is 6.03 Å². The van der Waals surface area contributed by atoms with Gasteiger partial charge in [-0.15, -0.1) is 0 Å². The summed E-state index contributed by atoms with van der Waals surface area (Å²) in [5, 5.41) is 2.87. The molecule has 0 bridgehead atoms. The van der Waals surface area contributed by atoms with Gasteiger partial charge in [-0.1, -0.05) is 0 Å². The number of rotatable bonds is 6. The van der Waals surface area contributed by atoms with Crippen LogP contribution in [0.15, 0.2) is 18.7 Å². The molecule has 1 saturated heterocycles. The fourth-order valence-electron chi connectivity index (χ4n) is 2.55. The highest BCUT2D eigenvalue weighted by molar-refractivity contribution is 7.88. The Morgan fingerprint density at radius 3 is 2.95 bits per heavy atom. The lowest BCUT2D eigenvalue weighted by Crippen LogP contribution is -2.52. The maximum Gasteiger partial charge on any atom is 0.317 e. The number of nitrogens with one attached hydrogen (secondary N) is 2. The average molecular weight is 329 g/mol. The zero-order valence-corrected chi connectivity index (χ0v) is 13.6. The minimum absolute atomic E-state index is 0.134. The zero-order chi connectivity index (χ0) is 16.0. The topological polar surface area (TPSA) is 96.3 Å². The summed E-state index contributed by atoms with van der Waals surface area (Å²) in [4.78, 5) is 17.7. The van der Waals surface area contributed by atoms with Crippen molar-refractivity contribution in [2.45, 2.75) is 31.8 Å². The van der Waals surface area contributed by atoms with Gasteiger partial charge < -0.3 is 14.8 Å². The fourth-order valence-corrected chi connectivity index (χ4v) is 3.35. The third kappa shape index (κ3) is 5.64. The SMILES string of the molecule is CS(=O)(=O)NC1CCCN(C(=O)NCCCn2ccnc2)C1. The lowest BCUT2D eigenvalue weighted by Gasteiger charge is -2.32. The molecule has 1 fully saturated rings. The van der Waals surface area contributed by atoms with Gasteiger partial charge in [0.1, 0.15) is 0 Å². The number of imidazole rings is 1. The van der Waals surface area contributed by atoms with E-state index in [1.54, 1.807) is 17.4 Å². The molecule has 1 aliphatic heterocycles. The first-order chi connectivity index (χ1) is 10.4. The third-order valence-electron chi connectivity index (χ3n) is 3.52. The van der Waals surface area contributed by atoms with E-state index in [1.807, 2.05) is 10.8 Å². The molecule has 1 aromatic rings. The van der Waals surface area contributed by atoms with Crippen LogP contribution in [0.3, 0.4) is 0 Å². The number of nitrogens with zero attached hydrogens (tertiary/aromatic N) is 3. The van der Waals surface area contributed by atoms with Crippen molar-refractivity contribution in [3.05, 3.63) is 18.7 Å². The molecule has 124 valence electrons. The molecule has 0 saturated carbocycles. The quantitative estimate of drug-likeness (QED) is 0.718. The highest BCUT2D eigenvalue weighted by atomic mass is 32.2. The Labute approximate surface area is 130 Å². The van der Waals surface area contributed by atoms with Gasteiger partial charge in [0, 0.05) is 44.6 Å². The monoisotopic (exact) mass is 329 g/mol. The highest BCUT2D eigenvalue weighted by Crippen LogP contribution is 2.10. The summed E-state index contributed by atoms with van der Waals surface area (Å²) in [5.41, 5.74) is 0. The van der Waals surface area contributed by atoms with Crippen LogP contribution >= 0.6 is 0 Å². The van der Waals surface area contributed by atoms with Crippen LogP contribution in [0.25, 0.3) is 0 Å². The Hall–Kier alpha value is -1.61. The second-order valence-corrected chi connectivity index (χ2v) is 7.34. The molecule has 1 aromatic heterocycles. The van der Waals surface area contributed by atoms with Gasteiger partial charge in [0.05, 0.1) is 12.6 Å². The van der Waals surface area contributed by atoms with Crippen LogP contribution in [0.4, 0.5) is 4.79 Å². The van der Waals surface area contributed by atoms with E-state index < -0.39 is 10.0 Å². The molecule has 0 spiro atoms. The third-order valence-corrected chi connectivity index (χ3v) is 4.28. The van der Waals surface area contributed by atoms with E-state index in [0.717, 1.165) is 32.1 Å². The van der Waals surface area contributed by atoms with Crippen molar-refractivity contribution >= 4 is 16.1 Å². The van der Waals surface area contributed by atoms with Gasteiger partial charge in [0.2, 0.25) is 10.0 Å². The summed E-state index contributed by atoms with van der Waals surface area (Å²) in [6, 6.07) is -0.328. The summed E-state index contributed by atoms with van der Waals surface area (Å²) in [6.07, 6.45) is 8.87. The van der Waals surface area contributed by atoms with Gasteiger partial charge in [0.15, 0.2) is 0 Å². The molecule has 2 rings (SSSR count). The summed E-state index contributed by atoms with van der Waals surface area (Å²) in [7, 11) is -3.24. The fraction of sp³-hybridized carbons (Fsp3) is 0.692. The first-order valence-corrected chi connectivity index (χ1v) is 9.29. The number of carbonyl (C=O) groups is 1. The number of aryl methyl sites for hydroxylation is 1. The molecule has 1 atom stereocenters. The van der Waals surface area contributed by atoms with Crippen LogP contribution in [0, 0.1) is 0 Å². The minimum atomic E-state index is -3.24. The van der Waals surface area contributed by atoms with Crippen LogP contribution in [-0.4, -0.2) is 60.8 Å². The van der Waals surface area contributed by atoms with Crippen LogP contribution in [0.5, 0.6) is 0 Å². The minimum Gasteiger partial charge on any atom is -0.338 e. The van der Waals surface area contributed by atoms with Crippen molar-refractivity contribution < 1.29 is 13.2 Å². The maximum absolute atomic E-state index is 12.1. The van der Waals surface area contributed by atoms with Crippen LogP contribution < -0.4 is 10.0 Å². The Bertz CT molecular complexity index is 573. The number of carbonyl (C=O) groups excluding carboxylic acids is 1. The lowest BCUT2D eigenvalue weighted by molar-refractivity contribution is 0.177. The maximum atomic E-state index is 12.1. The number of sulfonamides is 1. The van der Waals surface area contributed by atoms with Crippen LogP contribution in [0.1, 0.15) is 19.3 Å². The first-order valence-electron chi connectivity index (χ1n) is 7.40. The standard InChI is InChI=1S/C13H23N5O3S/c1-22(20,21)16-12-4-2-8-18(10-12)13(19)15-5-3-7-17-9-6-14-11-17/h6,9,11-12,16H,2-5,7-8,10H2,1H3,(H,15,19). The van der Waals surface area contributed by atoms with Crippen LogP contribution in [-0.2, 0) is 16.6 Å². The number of aromatic nitrogens is 2. The molecule has 2 heterocycles. The molecule has 1 aliphatic rings. The Kier molecular flexibility index (Phi) is 5.78. The normalized spacial score (nSPS) is 19.1. The van der Waals surface area contributed by atoms with E-state index in [2.05, 4.69) is 15.0 Å². The van der Waals surface area contributed by atoms with Gasteiger partial charge in [-0.25, -0.2) is 22.9 Å². The second kappa shape index (κ2) is 7.59. The second-order valence-electron chi connectivity index (χ2n) is 5.56. The number of hydrogen-bond donors (Lipinski definition) is 2. The number of piperidine rings is 1. The van der Waals surface area contributed by atoms with E-state index in [0.29, 0.717) is 19.6 Å². The molecule has 0 aliphatic carbocycles. The number of hydrogen-bond acceptors (Lipinski definition) is 4. The van der Waals surface area contributed by atoms with Gasteiger partial charge in [-0.3, -0.25) is 0 Å². The number of amides is 2. The summed E-state index contributed by atoms with van der Waals surface area (Å²) in [5.74, 6) is 0. The molecule has 9 heteroatoms. The highest BCUT2D eigenvalue weighted by Gasteiger charge is 2.25. The van der Waals surface area contributed by atoms with Gasteiger partial charge in [-0.05, 0) is 19.3 Å². The van der Waals surface area contributed by atoms with Gasteiger partial charge in [-0.2, -0.15) is 0 Å². The zero-order valence-electron chi connectivity index (χ0n) is 12.7. The Morgan fingerprint density at radius 2 is 2.27 bits per heavy atom. The Morgan fingerprint density at radius 1 is 1.45 bits per heavy atom. The van der Waals surface area contributed by atoms with E-state index in [9.17, 15) is 13.2 Å². The Balaban J connectivity index is 1.70. The van der Waals surface area contributed by atoms with Crippen molar-refractivity contribution in [2.24, 2.45) is 0 Å². The van der Waals surface area contributed by atoms with Crippen molar-refractivity contribution in [2.75, 3.05) is 25.9 Å². The van der Waals surface area contributed by atoms with Crippen molar-refractivity contribution in [1.82, 2.24) is 24.5 Å². The molecule has 2 N–H and O–H groups in total. The van der Waals surface area contributed by atoms with Crippen molar-refractivity contribution in [3.8, 4) is 0 Å². The van der Waals surface area contributed by atoms with E-state index in [-0.39, 0.29) is 12.1 Å². The molecule has 22 heavy (non-hydrogen) atoms. The van der Waals surface area contributed by atoms with Gasteiger partial charge in [0.25, 0.3) is 0 Å². The molecule has 8 nitrogen and oxygen atoms in total. The van der Waals surface area contributed by atoms with Crippen LogP contribution in [0.2, 0.25) is 0 Å². The number of urea groups is 1. The molecule has 0 radical (unpaired) electrons. The first kappa shape index (κ1) is 16.8. The average Bonchev–Trinajstić information content (AvgIpc) is 2.95. The summed E-state index contributed by atoms with van der Waals surface area (Å²) < 4.78 is 27.1. The predicted octanol–water partition coefficient (Wildman–Crippen LogP) is -0.00360. The van der Waals surface area contributed by atoms with E-state index >= 15 is 0 Å². The van der Waals surface area contributed by atoms with E-state index in [1.165, 1.54) is 0 Å². The summed E-state index contributed by atoms with van der Waals surface area (Å²) in [6.45, 7) is 2.46. The summed E-state index contributed by atoms with van der Waals surface area (Å²) >= 11 is 0. The molecule has 0 aromatic carbocycles. The smallest absolute Gasteiger partial charge is 0.317 e. The molecule has 1 unspecified atom stereocenters. The number of likely N-dealkylation sites (tertiary alicyclic amines) is 1. The lowest BCUT2D eigenvalue weighted by atomic mass is 10.1. The largest absolute Gasteiger partial charge is 0.338 e. The molecular formula is C13H23N5O3S.